The molecule has 5 heteroatoms. The van der Waals surface area contributed by atoms with Crippen LogP contribution in [0.15, 0.2) is 18.2 Å². The first-order valence-corrected chi connectivity index (χ1v) is 6.89. The molecule has 0 saturated heterocycles. The Kier molecular flexibility index (Phi) is 4.39. The third kappa shape index (κ3) is 3.29. The van der Waals surface area contributed by atoms with Gasteiger partial charge in [0.05, 0.1) is 23.9 Å². The summed E-state index contributed by atoms with van der Waals surface area (Å²) in [7, 11) is 0. The number of benzene rings is 1. The highest BCUT2D eigenvalue weighted by molar-refractivity contribution is 5.34. The van der Waals surface area contributed by atoms with E-state index in [1.54, 1.807) is 10.7 Å². The molecule has 0 aliphatic rings. The molecule has 1 unspecified atom stereocenters. The quantitative estimate of drug-likeness (QED) is 0.938. The van der Waals surface area contributed by atoms with Gasteiger partial charge in [0.25, 0.3) is 0 Å². The number of rotatable bonds is 4. The van der Waals surface area contributed by atoms with Crippen molar-refractivity contribution in [2.75, 3.05) is 0 Å². The maximum absolute atomic E-state index is 13.9. The summed E-state index contributed by atoms with van der Waals surface area (Å²) in [6.07, 6.45) is 0.748. The Labute approximate surface area is 124 Å². The summed E-state index contributed by atoms with van der Waals surface area (Å²) in [4.78, 5) is 0. The molecule has 1 heterocycles. The number of aryl methyl sites for hydroxylation is 1. The lowest BCUT2D eigenvalue weighted by Crippen LogP contribution is -2.18. The van der Waals surface area contributed by atoms with Crippen LogP contribution >= 0.6 is 0 Å². The van der Waals surface area contributed by atoms with Gasteiger partial charge in [-0.25, -0.2) is 4.39 Å². The lowest BCUT2D eigenvalue weighted by Gasteiger charge is -2.08. The Morgan fingerprint density at radius 1 is 1.43 bits per heavy atom. The molecule has 0 spiro atoms. The summed E-state index contributed by atoms with van der Waals surface area (Å²) in [5, 5.41) is 13.4. The molecule has 1 atom stereocenters. The highest BCUT2D eigenvalue weighted by Crippen LogP contribution is 2.18. The summed E-state index contributed by atoms with van der Waals surface area (Å²) >= 11 is 0. The highest BCUT2D eigenvalue weighted by Gasteiger charge is 2.14. The van der Waals surface area contributed by atoms with Crippen LogP contribution in [0.3, 0.4) is 0 Å². The van der Waals surface area contributed by atoms with Crippen molar-refractivity contribution in [3.05, 3.63) is 52.1 Å². The van der Waals surface area contributed by atoms with Crippen molar-refractivity contribution in [3.63, 3.8) is 0 Å². The Morgan fingerprint density at radius 3 is 2.76 bits per heavy atom. The van der Waals surface area contributed by atoms with Crippen LogP contribution in [0, 0.1) is 31.0 Å². The van der Waals surface area contributed by atoms with Crippen LogP contribution in [-0.2, 0) is 13.0 Å². The fraction of sp³-hybridized carbons (Fsp3) is 0.375. The van der Waals surface area contributed by atoms with Gasteiger partial charge in [0.15, 0.2) is 0 Å². The van der Waals surface area contributed by atoms with E-state index in [2.05, 4.69) is 5.10 Å². The predicted molar refractivity (Wildman–Crippen MR) is 79.3 cm³/mol. The van der Waals surface area contributed by atoms with E-state index in [9.17, 15) is 4.39 Å². The maximum Gasteiger partial charge on any atom is 0.128 e. The second-order valence-electron chi connectivity index (χ2n) is 5.41. The Bertz CT molecular complexity index is 695. The zero-order valence-corrected chi connectivity index (χ0v) is 12.5. The first kappa shape index (κ1) is 15.2. The number of nitrogens with zero attached hydrogens (tertiary/aromatic N) is 3. The number of nitrogens with two attached hydrogens (primary N) is 1. The first-order chi connectivity index (χ1) is 9.92. The van der Waals surface area contributed by atoms with E-state index in [4.69, 9.17) is 11.0 Å². The molecule has 0 fully saturated rings. The molecule has 0 aliphatic carbocycles. The van der Waals surface area contributed by atoms with E-state index in [-0.39, 0.29) is 11.9 Å². The van der Waals surface area contributed by atoms with E-state index in [1.807, 2.05) is 26.8 Å². The van der Waals surface area contributed by atoms with Crippen LogP contribution in [-0.4, -0.2) is 15.8 Å². The fourth-order valence-electron chi connectivity index (χ4n) is 2.43. The highest BCUT2D eigenvalue weighted by atomic mass is 19.1. The summed E-state index contributed by atoms with van der Waals surface area (Å²) < 4.78 is 15.6. The standard InChI is InChI=1S/C16H19FN4/c1-10(19)6-15-11(2)20-21(12(15)3)9-14-7-13(8-18)4-5-16(14)17/h4-5,7,10H,6,9,19H2,1-3H3. The van der Waals surface area contributed by atoms with Gasteiger partial charge in [0, 0.05) is 17.3 Å². The first-order valence-electron chi connectivity index (χ1n) is 6.89. The maximum atomic E-state index is 13.9. The summed E-state index contributed by atoms with van der Waals surface area (Å²) in [5.41, 5.74) is 9.79. The van der Waals surface area contributed by atoms with Gasteiger partial charge in [-0.2, -0.15) is 10.4 Å². The average molecular weight is 286 g/mol. The summed E-state index contributed by atoms with van der Waals surface area (Å²) in [6, 6.07) is 6.44. The van der Waals surface area contributed by atoms with Crippen molar-refractivity contribution >= 4 is 0 Å². The lowest BCUT2D eigenvalue weighted by molar-refractivity contribution is 0.578. The average Bonchev–Trinajstić information content (AvgIpc) is 2.68. The zero-order valence-electron chi connectivity index (χ0n) is 12.5. The second kappa shape index (κ2) is 6.06. The topological polar surface area (TPSA) is 67.6 Å². The van der Waals surface area contributed by atoms with E-state index >= 15 is 0 Å². The molecule has 2 N–H and O–H groups in total. The van der Waals surface area contributed by atoms with Gasteiger partial charge in [-0.3, -0.25) is 4.68 Å². The third-order valence-corrected chi connectivity index (χ3v) is 3.55. The van der Waals surface area contributed by atoms with Crippen LogP contribution in [0.25, 0.3) is 0 Å². The molecule has 2 aromatic rings. The van der Waals surface area contributed by atoms with E-state index < -0.39 is 0 Å². The van der Waals surface area contributed by atoms with Gasteiger partial charge in [0.2, 0.25) is 0 Å². The number of halogens is 1. The second-order valence-corrected chi connectivity index (χ2v) is 5.41. The Hall–Kier alpha value is -2.19. The number of hydrogen-bond donors (Lipinski definition) is 1. The molecular weight excluding hydrogens is 267 g/mol. The minimum absolute atomic E-state index is 0.0544. The molecule has 4 nitrogen and oxygen atoms in total. The minimum Gasteiger partial charge on any atom is -0.328 e. The molecule has 0 amide bonds. The Morgan fingerprint density at radius 2 is 2.14 bits per heavy atom. The molecule has 0 saturated carbocycles. The van der Waals surface area contributed by atoms with Crippen molar-refractivity contribution in [2.24, 2.45) is 5.73 Å². The van der Waals surface area contributed by atoms with Crippen molar-refractivity contribution in [1.82, 2.24) is 9.78 Å². The van der Waals surface area contributed by atoms with E-state index in [0.717, 1.165) is 23.4 Å². The van der Waals surface area contributed by atoms with Gasteiger partial charge in [-0.1, -0.05) is 0 Å². The van der Waals surface area contributed by atoms with Gasteiger partial charge in [-0.05, 0) is 51.0 Å². The summed E-state index contributed by atoms with van der Waals surface area (Å²) in [6.45, 7) is 6.16. The van der Waals surface area contributed by atoms with Crippen LogP contribution in [0.5, 0.6) is 0 Å². The molecule has 0 aliphatic heterocycles. The van der Waals surface area contributed by atoms with Crippen molar-refractivity contribution in [3.8, 4) is 6.07 Å². The van der Waals surface area contributed by atoms with Crippen LogP contribution in [0.2, 0.25) is 0 Å². The zero-order chi connectivity index (χ0) is 15.6. The Balaban J connectivity index is 2.35. The summed E-state index contributed by atoms with van der Waals surface area (Å²) in [5.74, 6) is -0.324. The van der Waals surface area contributed by atoms with Crippen LogP contribution < -0.4 is 5.73 Å². The van der Waals surface area contributed by atoms with Crippen LogP contribution in [0.1, 0.15) is 35.0 Å². The lowest BCUT2D eigenvalue weighted by atomic mass is 10.1. The molecule has 110 valence electrons. The SMILES string of the molecule is Cc1nn(Cc2cc(C#N)ccc2F)c(C)c1CC(C)N. The monoisotopic (exact) mass is 286 g/mol. The van der Waals surface area contributed by atoms with Crippen molar-refractivity contribution in [1.29, 1.82) is 5.26 Å². The van der Waals surface area contributed by atoms with Crippen LogP contribution in [0.4, 0.5) is 4.39 Å². The fourth-order valence-corrected chi connectivity index (χ4v) is 2.43. The smallest absolute Gasteiger partial charge is 0.128 e. The van der Waals surface area contributed by atoms with Crippen molar-refractivity contribution < 1.29 is 4.39 Å². The number of nitriles is 1. The van der Waals surface area contributed by atoms with Crippen molar-refractivity contribution in [2.45, 2.75) is 39.8 Å². The van der Waals surface area contributed by atoms with Gasteiger partial charge in [-0.15, -0.1) is 0 Å². The largest absolute Gasteiger partial charge is 0.328 e. The normalized spacial score (nSPS) is 12.2. The predicted octanol–water partition coefficient (Wildman–Crippen LogP) is 2.45. The van der Waals surface area contributed by atoms with Gasteiger partial charge < -0.3 is 5.73 Å². The van der Waals surface area contributed by atoms with E-state index in [0.29, 0.717) is 17.7 Å². The third-order valence-electron chi connectivity index (χ3n) is 3.55. The molecule has 21 heavy (non-hydrogen) atoms. The van der Waals surface area contributed by atoms with Gasteiger partial charge >= 0.3 is 0 Å². The minimum atomic E-state index is -0.324. The molecule has 2 rings (SSSR count). The van der Waals surface area contributed by atoms with Gasteiger partial charge in [0.1, 0.15) is 5.82 Å². The molecule has 0 bridgehead atoms. The molecule has 1 aromatic heterocycles. The number of hydrogen-bond acceptors (Lipinski definition) is 3. The number of aromatic nitrogens is 2. The van der Waals surface area contributed by atoms with E-state index in [1.165, 1.54) is 12.1 Å². The molecular formula is C16H19FN4. The molecule has 0 radical (unpaired) electrons. The molecule has 1 aromatic carbocycles.